The molecule has 0 spiro atoms. The van der Waals surface area contributed by atoms with Crippen LogP contribution in [-0.2, 0) is 33.3 Å². The Bertz CT molecular complexity index is 705. The Kier molecular flexibility index (Phi) is 7.23. The number of rotatable bonds is 5. The van der Waals surface area contributed by atoms with Crippen LogP contribution in [0, 0.1) is 0 Å². The van der Waals surface area contributed by atoms with Gasteiger partial charge in [-0.05, 0) is 12.1 Å². The van der Waals surface area contributed by atoms with E-state index in [1.807, 2.05) is 0 Å². The molecule has 1 fully saturated rings. The van der Waals surface area contributed by atoms with Gasteiger partial charge in [-0.2, -0.15) is 0 Å². The van der Waals surface area contributed by atoms with Crippen molar-refractivity contribution >= 4 is 35.6 Å². The molecule has 9 heteroatoms. The third-order valence-electron chi connectivity index (χ3n) is 3.54. The van der Waals surface area contributed by atoms with Crippen LogP contribution < -0.4 is 0 Å². The fraction of sp³-hybridized carbons (Fsp3) is 0.444. The number of ether oxygens (including phenoxy) is 4. The van der Waals surface area contributed by atoms with Crippen molar-refractivity contribution in [3.63, 3.8) is 0 Å². The molecule has 2 rings (SSSR count). The minimum atomic E-state index is -1.11. The van der Waals surface area contributed by atoms with Gasteiger partial charge in [0.2, 0.25) is 0 Å². The molecule has 0 bridgehead atoms. The van der Waals surface area contributed by atoms with E-state index < -0.39 is 47.6 Å². The lowest BCUT2D eigenvalue weighted by Crippen LogP contribution is -2.55. The van der Waals surface area contributed by atoms with Crippen LogP contribution in [0.4, 0.5) is 0 Å². The summed E-state index contributed by atoms with van der Waals surface area (Å²) < 4.78 is 21.2. The van der Waals surface area contributed by atoms with E-state index >= 15 is 0 Å². The van der Waals surface area contributed by atoms with Crippen LogP contribution in [0.1, 0.15) is 31.1 Å². The standard InChI is InChI=1S/C18H20O8S/c1-10(19)23-15-14(26-17(22)13-7-5-4-6-8-13)9-27-18(25-12(3)21)16(15)24-11(2)20/h4-8,14-16,18H,9H2,1-3H3/t14-,15-,16+,18?/m0/s1. The maximum atomic E-state index is 12.4. The van der Waals surface area contributed by atoms with E-state index in [0.29, 0.717) is 5.56 Å². The summed E-state index contributed by atoms with van der Waals surface area (Å²) in [6, 6.07) is 8.31. The quantitative estimate of drug-likeness (QED) is 0.543. The second-order valence-electron chi connectivity index (χ2n) is 5.77. The monoisotopic (exact) mass is 396 g/mol. The number of carbonyl (C=O) groups is 4. The van der Waals surface area contributed by atoms with E-state index in [2.05, 4.69) is 0 Å². The van der Waals surface area contributed by atoms with Crippen molar-refractivity contribution in [3.05, 3.63) is 35.9 Å². The zero-order valence-electron chi connectivity index (χ0n) is 15.1. The highest BCUT2D eigenvalue weighted by Gasteiger charge is 2.48. The van der Waals surface area contributed by atoms with Gasteiger partial charge >= 0.3 is 23.9 Å². The van der Waals surface area contributed by atoms with Gasteiger partial charge in [-0.1, -0.05) is 18.2 Å². The average molecular weight is 396 g/mol. The molecule has 1 unspecified atom stereocenters. The normalized spacial score (nSPS) is 24.4. The Morgan fingerprint density at radius 3 is 1.93 bits per heavy atom. The fourth-order valence-electron chi connectivity index (χ4n) is 2.54. The van der Waals surface area contributed by atoms with E-state index in [4.69, 9.17) is 18.9 Å². The van der Waals surface area contributed by atoms with E-state index in [-0.39, 0.29) is 5.75 Å². The molecule has 0 amide bonds. The average Bonchev–Trinajstić information content (AvgIpc) is 2.59. The summed E-state index contributed by atoms with van der Waals surface area (Å²) in [6.07, 6.45) is -3.10. The van der Waals surface area contributed by atoms with Crippen molar-refractivity contribution in [2.45, 2.75) is 44.5 Å². The zero-order valence-corrected chi connectivity index (χ0v) is 15.9. The van der Waals surface area contributed by atoms with Crippen molar-refractivity contribution in [2.75, 3.05) is 5.75 Å². The van der Waals surface area contributed by atoms with Crippen molar-refractivity contribution in [1.82, 2.24) is 0 Å². The predicted molar refractivity (Wildman–Crippen MR) is 94.8 cm³/mol. The summed E-state index contributed by atoms with van der Waals surface area (Å²) in [6.45, 7) is 3.58. The molecule has 8 nitrogen and oxygen atoms in total. The molecule has 1 aliphatic rings. The highest BCUT2D eigenvalue weighted by molar-refractivity contribution is 7.99. The Morgan fingerprint density at radius 2 is 1.37 bits per heavy atom. The van der Waals surface area contributed by atoms with E-state index in [1.54, 1.807) is 30.3 Å². The van der Waals surface area contributed by atoms with Crippen LogP contribution in [0.15, 0.2) is 30.3 Å². The number of benzene rings is 1. The molecule has 0 radical (unpaired) electrons. The molecular formula is C18H20O8S. The third-order valence-corrected chi connectivity index (χ3v) is 4.75. The molecule has 0 N–H and O–H groups in total. The second-order valence-corrected chi connectivity index (χ2v) is 6.90. The van der Waals surface area contributed by atoms with Crippen molar-refractivity contribution < 1.29 is 38.1 Å². The molecule has 1 aromatic rings. The molecule has 1 aromatic carbocycles. The number of hydrogen-bond acceptors (Lipinski definition) is 9. The summed E-state index contributed by atoms with van der Waals surface area (Å²) >= 11 is 1.13. The maximum Gasteiger partial charge on any atom is 0.338 e. The first-order valence-electron chi connectivity index (χ1n) is 8.17. The van der Waals surface area contributed by atoms with E-state index in [1.165, 1.54) is 20.8 Å². The SMILES string of the molecule is CC(=O)OC1SC[C@H](OC(=O)c2ccccc2)[C@H](OC(C)=O)[C@H]1OC(C)=O. The van der Waals surface area contributed by atoms with E-state index in [9.17, 15) is 19.2 Å². The lowest BCUT2D eigenvalue weighted by Gasteiger charge is -2.39. The summed E-state index contributed by atoms with van der Waals surface area (Å²) in [4.78, 5) is 46.8. The van der Waals surface area contributed by atoms with Crippen LogP contribution in [0.3, 0.4) is 0 Å². The van der Waals surface area contributed by atoms with Gasteiger partial charge in [0.25, 0.3) is 0 Å². The maximum absolute atomic E-state index is 12.4. The van der Waals surface area contributed by atoms with Crippen molar-refractivity contribution in [1.29, 1.82) is 0 Å². The smallest absolute Gasteiger partial charge is 0.338 e. The largest absolute Gasteiger partial charge is 0.454 e. The zero-order chi connectivity index (χ0) is 20.0. The van der Waals surface area contributed by atoms with Crippen LogP contribution >= 0.6 is 11.8 Å². The molecule has 0 saturated carbocycles. The van der Waals surface area contributed by atoms with Crippen molar-refractivity contribution in [2.24, 2.45) is 0 Å². The summed E-state index contributed by atoms with van der Waals surface area (Å²) in [5, 5.41) is 0. The molecule has 27 heavy (non-hydrogen) atoms. The number of esters is 4. The Hall–Kier alpha value is -2.55. The van der Waals surface area contributed by atoms with Gasteiger partial charge in [0.1, 0.15) is 0 Å². The fourth-order valence-corrected chi connectivity index (χ4v) is 3.78. The Labute approximate surface area is 160 Å². The molecule has 4 atom stereocenters. The second kappa shape index (κ2) is 9.40. The first kappa shape index (κ1) is 20.8. The van der Waals surface area contributed by atoms with Crippen LogP contribution in [0.25, 0.3) is 0 Å². The van der Waals surface area contributed by atoms with E-state index in [0.717, 1.165) is 11.8 Å². The summed E-state index contributed by atoms with van der Waals surface area (Å²) in [7, 11) is 0. The van der Waals surface area contributed by atoms with Crippen molar-refractivity contribution in [3.8, 4) is 0 Å². The Morgan fingerprint density at radius 1 is 0.815 bits per heavy atom. The molecular weight excluding hydrogens is 376 g/mol. The summed E-state index contributed by atoms with van der Waals surface area (Å²) in [5.74, 6) is -2.29. The van der Waals surface area contributed by atoms with Gasteiger partial charge in [0.05, 0.1) is 5.56 Å². The Balaban J connectivity index is 2.24. The topological polar surface area (TPSA) is 105 Å². The van der Waals surface area contributed by atoms with Gasteiger partial charge in [0.15, 0.2) is 23.7 Å². The van der Waals surface area contributed by atoms with Gasteiger partial charge < -0.3 is 18.9 Å². The lowest BCUT2D eigenvalue weighted by molar-refractivity contribution is -0.185. The van der Waals surface area contributed by atoms with Gasteiger partial charge in [0, 0.05) is 26.5 Å². The number of hydrogen-bond donors (Lipinski definition) is 0. The van der Waals surface area contributed by atoms with Crippen LogP contribution in [0.5, 0.6) is 0 Å². The molecule has 1 heterocycles. The van der Waals surface area contributed by atoms with Gasteiger partial charge in [-0.3, -0.25) is 14.4 Å². The van der Waals surface area contributed by atoms with Gasteiger partial charge in [-0.15, -0.1) is 11.8 Å². The number of carbonyl (C=O) groups excluding carboxylic acids is 4. The molecule has 1 saturated heterocycles. The summed E-state index contributed by atoms with van der Waals surface area (Å²) in [5.41, 5.74) is -0.558. The molecule has 1 aliphatic heterocycles. The highest BCUT2D eigenvalue weighted by Crippen LogP contribution is 2.33. The molecule has 0 aromatic heterocycles. The predicted octanol–water partition coefficient (Wildman–Crippen LogP) is 1.71. The minimum Gasteiger partial charge on any atom is -0.454 e. The minimum absolute atomic E-state index is 0.187. The molecule has 146 valence electrons. The molecule has 0 aliphatic carbocycles. The first-order chi connectivity index (χ1) is 12.8. The first-order valence-corrected chi connectivity index (χ1v) is 9.22. The lowest BCUT2D eigenvalue weighted by atomic mass is 10.1. The highest BCUT2D eigenvalue weighted by atomic mass is 32.2. The number of thioether (sulfide) groups is 1. The van der Waals surface area contributed by atoms with Crippen LogP contribution in [-0.4, -0.2) is 53.4 Å². The van der Waals surface area contributed by atoms with Crippen LogP contribution in [0.2, 0.25) is 0 Å². The van der Waals surface area contributed by atoms with Gasteiger partial charge in [-0.25, -0.2) is 4.79 Å². The third kappa shape index (κ3) is 5.99.